The quantitative estimate of drug-likeness (QED) is 0.588. The van der Waals surface area contributed by atoms with Gasteiger partial charge in [-0.25, -0.2) is 0 Å². The van der Waals surface area contributed by atoms with Crippen LogP contribution >= 0.6 is 0 Å². The summed E-state index contributed by atoms with van der Waals surface area (Å²) in [5.41, 5.74) is 2.67. The number of hydrogen-bond acceptors (Lipinski definition) is 5. The Bertz CT molecular complexity index is 959. The highest BCUT2D eigenvalue weighted by Crippen LogP contribution is 2.20. The van der Waals surface area contributed by atoms with E-state index in [4.69, 9.17) is 10.00 Å². The van der Waals surface area contributed by atoms with E-state index >= 15 is 0 Å². The average Bonchev–Trinajstić information content (AvgIpc) is 2.85. The minimum absolute atomic E-state index is 0.0358. The van der Waals surface area contributed by atoms with Crippen molar-refractivity contribution in [2.75, 3.05) is 50.8 Å². The van der Waals surface area contributed by atoms with Crippen molar-refractivity contribution in [2.24, 2.45) is 0 Å². The Kier molecular flexibility index (Phi) is 8.85. The Morgan fingerprint density at radius 2 is 1.67 bits per heavy atom. The second-order valence-corrected chi connectivity index (χ2v) is 8.00. The number of nitriles is 1. The Hall–Kier alpha value is -3.37. The van der Waals surface area contributed by atoms with Crippen molar-refractivity contribution in [2.45, 2.75) is 26.7 Å². The fourth-order valence-electron chi connectivity index (χ4n) is 3.90. The van der Waals surface area contributed by atoms with E-state index in [0.717, 1.165) is 17.9 Å². The number of benzene rings is 2. The molecular weight excluding hydrogens is 416 g/mol. The monoisotopic (exact) mass is 448 g/mol. The fraction of sp³-hybridized carbons (Fsp3) is 0.423. The summed E-state index contributed by atoms with van der Waals surface area (Å²) in [6.45, 7) is 7.64. The van der Waals surface area contributed by atoms with E-state index < -0.39 is 0 Å². The number of nitrogens with zero attached hydrogens (tertiary/aromatic N) is 4. The van der Waals surface area contributed by atoms with Crippen LogP contribution in [-0.4, -0.2) is 67.5 Å². The largest absolute Gasteiger partial charge is 0.494 e. The fourth-order valence-corrected chi connectivity index (χ4v) is 3.90. The number of amides is 2. The van der Waals surface area contributed by atoms with Crippen LogP contribution in [0.4, 0.5) is 5.69 Å². The van der Waals surface area contributed by atoms with E-state index in [1.165, 1.54) is 5.56 Å². The van der Waals surface area contributed by atoms with Gasteiger partial charge in [0.15, 0.2) is 0 Å². The van der Waals surface area contributed by atoms with Crippen LogP contribution in [-0.2, 0) is 11.2 Å². The summed E-state index contributed by atoms with van der Waals surface area (Å²) < 4.78 is 5.48. The zero-order valence-corrected chi connectivity index (χ0v) is 19.5. The lowest BCUT2D eigenvalue weighted by molar-refractivity contribution is -0.120. The van der Waals surface area contributed by atoms with Gasteiger partial charge in [-0.15, -0.1) is 0 Å². The molecule has 3 rings (SSSR count). The number of carbonyl (C=O) groups excluding carboxylic acids is 2. The summed E-state index contributed by atoms with van der Waals surface area (Å²) in [5, 5.41) is 9.03. The summed E-state index contributed by atoms with van der Waals surface area (Å²) in [5.74, 6) is 0.733. The molecule has 174 valence electrons. The predicted molar refractivity (Wildman–Crippen MR) is 128 cm³/mol. The van der Waals surface area contributed by atoms with E-state index in [-0.39, 0.29) is 24.8 Å². The average molecular weight is 449 g/mol. The van der Waals surface area contributed by atoms with Crippen molar-refractivity contribution < 1.29 is 14.3 Å². The molecule has 2 amide bonds. The molecule has 33 heavy (non-hydrogen) atoms. The zero-order valence-electron chi connectivity index (χ0n) is 19.5. The Labute approximate surface area is 196 Å². The maximum Gasteiger partial charge on any atom is 0.253 e. The number of carbonyl (C=O) groups is 2. The van der Waals surface area contributed by atoms with Gasteiger partial charge in [-0.3, -0.25) is 14.5 Å². The summed E-state index contributed by atoms with van der Waals surface area (Å²) in [6.07, 6.45) is 1.21. The first-order valence-corrected chi connectivity index (χ1v) is 11.6. The van der Waals surface area contributed by atoms with Crippen LogP contribution < -0.4 is 9.64 Å². The van der Waals surface area contributed by atoms with E-state index in [9.17, 15) is 9.59 Å². The molecule has 7 heteroatoms. The first-order valence-electron chi connectivity index (χ1n) is 11.6. The smallest absolute Gasteiger partial charge is 0.253 e. The Morgan fingerprint density at radius 3 is 2.24 bits per heavy atom. The number of piperazine rings is 1. The van der Waals surface area contributed by atoms with E-state index in [0.29, 0.717) is 44.9 Å². The predicted octanol–water partition coefficient (Wildman–Crippen LogP) is 3.35. The molecule has 0 aliphatic carbocycles. The molecule has 1 saturated heterocycles. The van der Waals surface area contributed by atoms with Crippen LogP contribution in [0.3, 0.4) is 0 Å². The minimum atomic E-state index is -0.0515. The molecule has 2 aromatic carbocycles. The first-order chi connectivity index (χ1) is 16.0. The van der Waals surface area contributed by atoms with Gasteiger partial charge in [0.1, 0.15) is 5.75 Å². The molecule has 0 saturated carbocycles. The van der Waals surface area contributed by atoms with Gasteiger partial charge >= 0.3 is 0 Å². The van der Waals surface area contributed by atoms with E-state index in [2.05, 4.69) is 17.9 Å². The highest BCUT2D eigenvalue weighted by molar-refractivity contribution is 5.95. The van der Waals surface area contributed by atoms with Crippen molar-refractivity contribution in [3.8, 4) is 11.8 Å². The molecule has 1 aliphatic rings. The molecule has 0 aromatic heterocycles. The number of anilines is 1. The van der Waals surface area contributed by atoms with Crippen LogP contribution in [0, 0.1) is 11.3 Å². The molecule has 0 bridgehead atoms. The van der Waals surface area contributed by atoms with Crippen LogP contribution in [0.1, 0.15) is 36.2 Å². The maximum atomic E-state index is 13.1. The van der Waals surface area contributed by atoms with Crippen LogP contribution in [0.5, 0.6) is 5.75 Å². The molecule has 0 atom stereocenters. The summed E-state index contributed by atoms with van der Waals surface area (Å²) in [7, 11) is 0. The third-order valence-electron chi connectivity index (χ3n) is 5.84. The number of aryl methyl sites for hydroxylation is 1. The molecule has 7 nitrogen and oxygen atoms in total. The Morgan fingerprint density at radius 1 is 1.00 bits per heavy atom. The molecule has 0 spiro atoms. The van der Waals surface area contributed by atoms with Gasteiger partial charge in [0.2, 0.25) is 5.91 Å². The minimum Gasteiger partial charge on any atom is -0.494 e. The van der Waals surface area contributed by atoms with E-state index in [1.807, 2.05) is 60.4 Å². The lowest BCUT2D eigenvalue weighted by atomic mass is 10.1. The maximum absolute atomic E-state index is 13.1. The van der Waals surface area contributed by atoms with Gasteiger partial charge in [0.05, 0.1) is 25.6 Å². The molecule has 0 radical (unpaired) electrons. The van der Waals surface area contributed by atoms with Crippen LogP contribution in [0.25, 0.3) is 0 Å². The van der Waals surface area contributed by atoms with Crippen molar-refractivity contribution in [1.29, 1.82) is 5.26 Å². The normalized spacial score (nSPS) is 13.9. The zero-order chi connectivity index (χ0) is 23.6. The van der Waals surface area contributed by atoms with Crippen LogP contribution in [0.15, 0.2) is 48.5 Å². The van der Waals surface area contributed by atoms with E-state index in [1.54, 1.807) is 4.90 Å². The van der Waals surface area contributed by atoms with Crippen LogP contribution in [0.2, 0.25) is 0 Å². The molecule has 1 heterocycles. The lowest BCUT2D eigenvalue weighted by Gasteiger charge is -2.35. The van der Waals surface area contributed by atoms with Crippen molar-refractivity contribution in [3.63, 3.8) is 0 Å². The highest BCUT2D eigenvalue weighted by atomic mass is 16.5. The van der Waals surface area contributed by atoms with Gasteiger partial charge in [-0.2, -0.15) is 5.26 Å². The second kappa shape index (κ2) is 12.0. The van der Waals surface area contributed by atoms with Crippen molar-refractivity contribution in [3.05, 3.63) is 59.7 Å². The van der Waals surface area contributed by atoms with Gasteiger partial charge in [-0.1, -0.05) is 19.1 Å². The van der Waals surface area contributed by atoms with Gasteiger partial charge in [-0.05, 0) is 55.3 Å². The van der Waals surface area contributed by atoms with Gasteiger partial charge in [0.25, 0.3) is 5.91 Å². The molecular formula is C26H32N4O3. The van der Waals surface area contributed by atoms with Gasteiger partial charge in [0, 0.05) is 44.0 Å². The lowest BCUT2D eigenvalue weighted by Crippen LogP contribution is -2.51. The molecule has 2 aromatic rings. The number of ether oxygens (including phenoxy) is 1. The summed E-state index contributed by atoms with van der Waals surface area (Å²) >= 11 is 0. The summed E-state index contributed by atoms with van der Waals surface area (Å²) in [6, 6.07) is 17.3. The Balaban J connectivity index is 1.57. The number of rotatable bonds is 9. The first kappa shape index (κ1) is 24.3. The van der Waals surface area contributed by atoms with Crippen molar-refractivity contribution >= 4 is 17.5 Å². The van der Waals surface area contributed by atoms with Crippen molar-refractivity contribution in [1.82, 2.24) is 9.80 Å². The topological polar surface area (TPSA) is 76.9 Å². The SMILES string of the molecule is CCOc1ccc(N(CCC#N)C(=O)CN2CCN(C(=O)c3ccc(CC)cc3)CC2)cc1. The molecule has 1 fully saturated rings. The third kappa shape index (κ3) is 6.56. The highest BCUT2D eigenvalue weighted by Gasteiger charge is 2.25. The third-order valence-corrected chi connectivity index (χ3v) is 5.84. The summed E-state index contributed by atoms with van der Waals surface area (Å²) in [4.78, 5) is 31.5. The second-order valence-electron chi connectivity index (χ2n) is 8.00. The molecule has 0 N–H and O–H groups in total. The molecule has 0 unspecified atom stereocenters. The standard InChI is InChI=1S/C26H32N4O3/c1-3-21-6-8-22(9-7-21)26(32)29-18-16-28(17-19-29)20-25(31)30(15-5-14-27)23-10-12-24(13-11-23)33-4-2/h6-13H,3-5,15-20H2,1-2H3. The molecule has 1 aliphatic heterocycles. The number of hydrogen-bond donors (Lipinski definition) is 0. The van der Waals surface area contributed by atoms with Gasteiger partial charge < -0.3 is 14.5 Å².